The molecule has 48 heavy (non-hydrogen) atoms. The summed E-state index contributed by atoms with van der Waals surface area (Å²) in [5, 5.41) is 10.2. The zero-order valence-electron chi connectivity index (χ0n) is 29.5. The molecule has 0 spiro atoms. The Hall–Kier alpha value is -3.39. The van der Waals surface area contributed by atoms with Crippen molar-refractivity contribution in [1.29, 1.82) is 0 Å². The smallest absolute Gasteiger partial charge is 0.261 e. The van der Waals surface area contributed by atoms with Gasteiger partial charge in [-0.3, -0.25) is 14.3 Å². The third kappa shape index (κ3) is 11.4. The Bertz CT molecular complexity index is 1440. The topological polar surface area (TPSA) is 138 Å². The monoisotopic (exact) mass is 690 g/mol. The molecule has 0 fully saturated rings. The number of ether oxygens (including phenoxy) is 3. The highest BCUT2D eigenvalue weighted by Crippen LogP contribution is 2.30. The predicted molar refractivity (Wildman–Crippen MR) is 186 cm³/mol. The first-order valence-corrected chi connectivity index (χ1v) is 18.1. The quantitative estimate of drug-likeness (QED) is 0.337. The fourth-order valence-electron chi connectivity index (χ4n) is 5.53. The molecule has 268 valence electrons. The van der Waals surface area contributed by atoms with Crippen LogP contribution in [0.15, 0.2) is 47.4 Å². The lowest BCUT2D eigenvalue weighted by atomic mass is 10.0. The molecule has 0 saturated heterocycles. The van der Waals surface area contributed by atoms with Crippen molar-refractivity contribution in [2.45, 2.75) is 76.0 Å². The highest BCUT2D eigenvalue weighted by Gasteiger charge is 2.31. The summed E-state index contributed by atoms with van der Waals surface area (Å²) in [6.07, 6.45) is 2.94. The molecule has 3 rings (SSSR count). The molecule has 0 bridgehead atoms. The summed E-state index contributed by atoms with van der Waals surface area (Å²) in [4.78, 5) is 32.7. The summed E-state index contributed by atoms with van der Waals surface area (Å²) in [7, 11) is 3.25. The molecule has 13 heteroatoms. The van der Waals surface area contributed by atoms with Gasteiger partial charge in [-0.25, -0.2) is 8.42 Å². The van der Waals surface area contributed by atoms with Crippen LogP contribution in [0.2, 0.25) is 0 Å². The zero-order chi connectivity index (χ0) is 35.4. The van der Waals surface area contributed by atoms with Crippen LogP contribution in [0.5, 0.6) is 11.5 Å². The lowest BCUT2D eigenvalue weighted by molar-refractivity contribution is -0.132. The first kappa shape index (κ1) is 39.1. The highest BCUT2D eigenvalue weighted by molar-refractivity contribution is 7.92. The van der Waals surface area contributed by atoms with E-state index in [2.05, 4.69) is 4.72 Å². The average molecular weight is 691 g/mol. The Balaban J connectivity index is 1.93. The number of carbonyl (C=O) groups is 2. The summed E-state index contributed by atoms with van der Waals surface area (Å²) >= 11 is 0. The normalized spacial score (nSPS) is 20.3. The molecule has 0 aromatic heterocycles. The maximum Gasteiger partial charge on any atom is 0.261 e. The Morgan fingerprint density at radius 2 is 1.83 bits per heavy atom. The first-order valence-electron chi connectivity index (χ1n) is 16.6. The van der Waals surface area contributed by atoms with Crippen LogP contribution in [-0.2, 0) is 19.6 Å². The summed E-state index contributed by atoms with van der Waals surface area (Å²) in [5.41, 5.74) is 0.363. The lowest BCUT2D eigenvalue weighted by Crippen LogP contribution is -2.48. The van der Waals surface area contributed by atoms with Crippen LogP contribution in [0, 0.1) is 5.92 Å². The number of sulfonamides is 1. The molecule has 4 atom stereocenters. The SMILES string of the molecule is COc1ccc(S(=O)(=O)Nc2ccc3c(c2)C(=O)N([C@H](C)CO)C[C@H](C)[C@@H](CN(C)C(=O)CCCN(C)C)OCCCC[C@@H](C)O3)cc1. The van der Waals surface area contributed by atoms with Crippen LogP contribution >= 0.6 is 0 Å². The zero-order valence-corrected chi connectivity index (χ0v) is 30.3. The summed E-state index contributed by atoms with van der Waals surface area (Å²) in [6.45, 7) is 7.29. The van der Waals surface area contributed by atoms with Crippen molar-refractivity contribution in [3.63, 3.8) is 0 Å². The molecule has 12 nitrogen and oxygen atoms in total. The van der Waals surface area contributed by atoms with Crippen LogP contribution in [0.25, 0.3) is 0 Å². The molecule has 2 amide bonds. The molecule has 1 heterocycles. The average Bonchev–Trinajstić information content (AvgIpc) is 3.05. The van der Waals surface area contributed by atoms with E-state index in [4.69, 9.17) is 14.2 Å². The summed E-state index contributed by atoms with van der Waals surface area (Å²) < 4.78 is 46.8. The van der Waals surface area contributed by atoms with Gasteiger partial charge in [0.05, 0.1) is 42.4 Å². The fraction of sp³-hybridized carbons (Fsp3) is 0.600. The van der Waals surface area contributed by atoms with Crippen molar-refractivity contribution in [1.82, 2.24) is 14.7 Å². The van der Waals surface area contributed by atoms with Crippen molar-refractivity contribution < 1.29 is 37.3 Å². The van der Waals surface area contributed by atoms with Crippen molar-refractivity contribution in [3.05, 3.63) is 48.0 Å². The van der Waals surface area contributed by atoms with Gasteiger partial charge in [0.2, 0.25) is 5.91 Å². The molecule has 0 saturated carbocycles. The van der Waals surface area contributed by atoms with Crippen LogP contribution in [0.4, 0.5) is 5.69 Å². The van der Waals surface area contributed by atoms with Gasteiger partial charge >= 0.3 is 0 Å². The van der Waals surface area contributed by atoms with Crippen LogP contribution in [-0.4, -0.2) is 119 Å². The van der Waals surface area contributed by atoms with Crippen LogP contribution in [0.1, 0.15) is 63.2 Å². The Morgan fingerprint density at radius 3 is 2.48 bits per heavy atom. The molecule has 0 radical (unpaired) electrons. The minimum Gasteiger partial charge on any atom is -0.497 e. The third-order valence-electron chi connectivity index (χ3n) is 8.55. The van der Waals surface area contributed by atoms with Crippen LogP contribution in [0.3, 0.4) is 0 Å². The van der Waals surface area contributed by atoms with Crippen molar-refractivity contribution in [3.8, 4) is 11.5 Å². The van der Waals surface area contributed by atoms with Gasteiger partial charge in [-0.15, -0.1) is 0 Å². The number of aliphatic hydroxyl groups excluding tert-OH is 1. The number of benzene rings is 2. The molecular weight excluding hydrogens is 636 g/mol. The Kier molecular flexibility index (Phi) is 15.0. The van der Waals surface area contributed by atoms with Gasteiger partial charge in [0, 0.05) is 44.8 Å². The largest absolute Gasteiger partial charge is 0.497 e. The molecule has 0 aliphatic carbocycles. The van der Waals surface area contributed by atoms with Gasteiger partial charge in [0.1, 0.15) is 11.5 Å². The Morgan fingerprint density at radius 1 is 1.12 bits per heavy atom. The number of amides is 2. The summed E-state index contributed by atoms with van der Waals surface area (Å²) in [5.74, 6) is 0.266. The van der Waals surface area contributed by atoms with E-state index in [1.54, 1.807) is 48.0 Å². The van der Waals surface area contributed by atoms with Crippen molar-refractivity contribution >= 4 is 27.5 Å². The first-order chi connectivity index (χ1) is 22.7. The number of rotatable bonds is 12. The summed E-state index contributed by atoms with van der Waals surface area (Å²) in [6, 6.07) is 10.1. The number of likely N-dealkylation sites (N-methyl/N-ethyl adjacent to an activating group) is 1. The second-order valence-electron chi connectivity index (χ2n) is 13.0. The second-order valence-corrected chi connectivity index (χ2v) is 14.7. The van der Waals surface area contributed by atoms with Gasteiger partial charge in [-0.05, 0) is 103 Å². The molecule has 2 aromatic rings. The van der Waals surface area contributed by atoms with E-state index in [1.807, 2.05) is 32.8 Å². The van der Waals surface area contributed by atoms with Gasteiger partial charge in [0.15, 0.2) is 0 Å². The van der Waals surface area contributed by atoms with Crippen molar-refractivity contribution in [2.24, 2.45) is 5.92 Å². The van der Waals surface area contributed by atoms with E-state index in [-0.39, 0.29) is 53.3 Å². The number of methoxy groups -OCH3 is 1. The van der Waals surface area contributed by atoms with E-state index < -0.39 is 22.0 Å². The van der Waals surface area contributed by atoms with E-state index >= 15 is 0 Å². The third-order valence-corrected chi connectivity index (χ3v) is 9.95. The Labute approximate surface area is 286 Å². The van der Waals surface area contributed by atoms with E-state index in [1.165, 1.54) is 25.3 Å². The number of nitrogens with zero attached hydrogens (tertiary/aromatic N) is 3. The number of nitrogens with one attached hydrogen (secondary N) is 1. The minimum absolute atomic E-state index is 0.0354. The second kappa shape index (κ2) is 18.4. The van der Waals surface area contributed by atoms with Gasteiger partial charge in [0.25, 0.3) is 15.9 Å². The van der Waals surface area contributed by atoms with Gasteiger partial charge in [-0.1, -0.05) is 6.92 Å². The number of carbonyl (C=O) groups excluding carboxylic acids is 2. The molecule has 2 aromatic carbocycles. The van der Waals surface area contributed by atoms with E-state index in [0.29, 0.717) is 37.5 Å². The fourth-order valence-corrected chi connectivity index (χ4v) is 6.58. The van der Waals surface area contributed by atoms with Crippen LogP contribution < -0.4 is 14.2 Å². The number of hydrogen-bond acceptors (Lipinski definition) is 9. The highest BCUT2D eigenvalue weighted by atomic mass is 32.2. The number of fused-ring (bicyclic) bond motifs is 1. The predicted octanol–water partition coefficient (Wildman–Crippen LogP) is 4.09. The van der Waals surface area contributed by atoms with Gasteiger partial charge in [-0.2, -0.15) is 0 Å². The standard InChI is InChI=1S/C35H54N4O8S/c1-25-22-39(26(2)24-40)35(42)31-21-28(36-48(43,44)30-16-14-29(45-7)15-17-30)13-18-32(31)47-27(3)11-8-9-20-46-33(25)23-38(6)34(41)12-10-19-37(4)5/h13-18,21,25-27,33,36,40H,8-12,19-20,22-24H2,1-7H3/t25-,26+,27+,33+/m0/s1. The van der Waals surface area contributed by atoms with E-state index in [0.717, 1.165) is 25.8 Å². The minimum atomic E-state index is -3.98. The maximum absolute atomic E-state index is 14.4. The molecule has 0 unspecified atom stereocenters. The number of aliphatic hydroxyl groups is 1. The van der Waals surface area contributed by atoms with Gasteiger partial charge < -0.3 is 34.0 Å². The van der Waals surface area contributed by atoms with Crippen molar-refractivity contribution in [2.75, 3.05) is 65.8 Å². The lowest BCUT2D eigenvalue weighted by Gasteiger charge is -2.36. The molecule has 2 N–H and O–H groups in total. The molecule has 1 aliphatic rings. The molecule has 1 aliphatic heterocycles. The number of anilines is 1. The maximum atomic E-state index is 14.4. The number of hydrogen-bond donors (Lipinski definition) is 2. The molecular formula is C35H54N4O8S. The van der Waals surface area contributed by atoms with E-state index in [9.17, 15) is 23.1 Å².